The SMILES string of the molecule is O=C1c2ccccc2C(=O)c2c(O)c3c(c(O)c21)CCC[C@H]3O. The number of phenols is 2. The third-order valence-electron chi connectivity index (χ3n) is 4.70. The lowest BCUT2D eigenvalue weighted by atomic mass is 9.77. The standard InChI is InChI=1S/C18H14O5/c19-11-7-3-6-10-12(11)18(23)14-13(17(10)22)15(20)8-4-1-2-5-9(8)16(14)21/h1-2,4-5,11,19,22-23H,3,6-7H2/t11-/m1/s1. The number of hydrogen-bond acceptors (Lipinski definition) is 5. The molecule has 5 nitrogen and oxygen atoms in total. The highest BCUT2D eigenvalue weighted by Crippen LogP contribution is 2.48. The van der Waals surface area contributed by atoms with Gasteiger partial charge in [0.1, 0.15) is 11.5 Å². The molecule has 0 saturated carbocycles. The van der Waals surface area contributed by atoms with Crippen molar-refractivity contribution in [2.45, 2.75) is 25.4 Å². The maximum atomic E-state index is 12.7. The maximum absolute atomic E-state index is 12.7. The number of phenolic OH excluding ortho intramolecular Hbond substituents is 2. The number of aliphatic hydroxyl groups is 1. The predicted molar refractivity (Wildman–Crippen MR) is 81.0 cm³/mol. The number of ketones is 2. The molecule has 1 atom stereocenters. The summed E-state index contributed by atoms with van der Waals surface area (Å²) in [6.07, 6.45) is 0.577. The molecule has 2 aliphatic carbocycles. The third-order valence-corrected chi connectivity index (χ3v) is 4.70. The molecule has 0 fully saturated rings. The number of aromatic hydroxyl groups is 2. The fraction of sp³-hybridized carbons (Fsp3) is 0.222. The molecule has 2 aliphatic rings. The van der Waals surface area contributed by atoms with Crippen LogP contribution < -0.4 is 0 Å². The molecule has 116 valence electrons. The first-order chi connectivity index (χ1) is 11.0. The molecule has 0 spiro atoms. The van der Waals surface area contributed by atoms with E-state index in [1.165, 1.54) is 12.1 Å². The molecule has 0 aliphatic heterocycles. The molecule has 23 heavy (non-hydrogen) atoms. The average molecular weight is 310 g/mol. The van der Waals surface area contributed by atoms with E-state index in [0.29, 0.717) is 24.8 Å². The van der Waals surface area contributed by atoms with Gasteiger partial charge in [0.2, 0.25) is 0 Å². The lowest BCUT2D eigenvalue weighted by Gasteiger charge is -2.28. The number of hydrogen-bond donors (Lipinski definition) is 3. The van der Waals surface area contributed by atoms with Crippen LogP contribution in [0.3, 0.4) is 0 Å². The van der Waals surface area contributed by atoms with Gasteiger partial charge in [-0.3, -0.25) is 9.59 Å². The number of carbonyl (C=O) groups excluding carboxylic acids is 2. The van der Waals surface area contributed by atoms with Gasteiger partial charge in [-0.2, -0.15) is 0 Å². The van der Waals surface area contributed by atoms with Crippen LogP contribution in [0.2, 0.25) is 0 Å². The Labute approximate surface area is 131 Å². The normalized spacial score (nSPS) is 19.1. The molecule has 2 aromatic rings. The van der Waals surface area contributed by atoms with Crippen molar-refractivity contribution in [1.29, 1.82) is 0 Å². The lowest BCUT2D eigenvalue weighted by Crippen LogP contribution is -2.24. The number of fused-ring (bicyclic) bond motifs is 3. The summed E-state index contributed by atoms with van der Waals surface area (Å²) in [7, 11) is 0. The highest BCUT2D eigenvalue weighted by atomic mass is 16.3. The van der Waals surface area contributed by atoms with Gasteiger partial charge in [0.25, 0.3) is 0 Å². The Kier molecular flexibility index (Phi) is 2.83. The summed E-state index contributed by atoms with van der Waals surface area (Å²) in [5.41, 5.74) is 0.597. The van der Waals surface area contributed by atoms with Crippen molar-refractivity contribution in [2.75, 3.05) is 0 Å². The molecular weight excluding hydrogens is 296 g/mol. The van der Waals surface area contributed by atoms with Crippen LogP contribution in [0.4, 0.5) is 0 Å². The zero-order valence-electron chi connectivity index (χ0n) is 12.2. The van der Waals surface area contributed by atoms with Crippen LogP contribution in [0.1, 0.15) is 61.9 Å². The van der Waals surface area contributed by atoms with Crippen molar-refractivity contribution in [1.82, 2.24) is 0 Å². The Morgan fingerprint density at radius 3 is 2.09 bits per heavy atom. The highest BCUT2D eigenvalue weighted by Gasteiger charge is 2.39. The Morgan fingerprint density at radius 1 is 0.913 bits per heavy atom. The summed E-state index contributed by atoms with van der Waals surface area (Å²) < 4.78 is 0. The Bertz CT molecular complexity index is 881. The molecule has 0 heterocycles. The van der Waals surface area contributed by atoms with Crippen LogP contribution in [0, 0.1) is 0 Å². The fourth-order valence-corrected chi connectivity index (χ4v) is 3.61. The number of aliphatic hydroxyl groups excluding tert-OH is 1. The van der Waals surface area contributed by atoms with E-state index in [1.54, 1.807) is 12.1 Å². The van der Waals surface area contributed by atoms with Crippen molar-refractivity contribution in [3.05, 3.63) is 57.6 Å². The minimum absolute atomic E-state index is 0.154. The minimum atomic E-state index is -0.949. The molecule has 2 aromatic carbocycles. The zero-order chi connectivity index (χ0) is 16.3. The molecule has 3 N–H and O–H groups in total. The summed E-state index contributed by atoms with van der Waals surface area (Å²) in [4.78, 5) is 25.4. The monoisotopic (exact) mass is 310 g/mol. The molecule has 0 bridgehead atoms. The van der Waals surface area contributed by atoms with Gasteiger partial charge >= 0.3 is 0 Å². The Hall–Kier alpha value is -2.66. The van der Waals surface area contributed by atoms with Crippen LogP contribution in [0.15, 0.2) is 24.3 Å². The van der Waals surface area contributed by atoms with Gasteiger partial charge in [-0.1, -0.05) is 24.3 Å². The summed E-state index contributed by atoms with van der Waals surface area (Å²) in [6, 6.07) is 6.33. The molecular formula is C18H14O5. The van der Waals surface area contributed by atoms with Crippen molar-refractivity contribution in [3.8, 4) is 11.5 Å². The molecule has 0 radical (unpaired) electrons. The van der Waals surface area contributed by atoms with Crippen molar-refractivity contribution >= 4 is 11.6 Å². The second kappa shape index (κ2) is 4.67. The molecule has 0 unspecified atom stereocenters. The van der Waals surface area contributed by atoms with E-state index >= 15 is 0 Å². The van der Waals surface area contributed by atoms with Crippen molar-refractivity contribution in [3.63, 3.8) is 0 Å². The van der Waals surface area contributed by atoms with Gasteiger partial charge in [-0.15, -0.1) is 0 Å². The molecule has 0 amide bonds. The lowest BCUT2D eigenvalue weighted by molar-refractivity contribution is 0.0971. The minimum Gasteiger partial charge on any atom is -0.507 e. The fourth-order valence-electron chi connectivity index (χ4n) is 3.61. The average Bonchev–Trinajstić information content (AvgIpc) is 2.55. The summed E-state index contributed by atoms with van der Waals surface area (Å²) in [6.45, 7) is 0. The number of benzene rings is 2. The van der Waals surface area contributed by atoms with Gasteiger partial charge in [-0.25, -0.2) is 0 Å². The first-order valence-corrected chi connectivity index (χ1v) is 7.49. The molecule has 0 aromatic heterocycles. The second-order valence-electron chi connectivity index (χ2n) is 5.95. The largest absolute Gasteiger partial charge is 0.507 e. The topological polar surface area (TPSA) is 94.8 Å². The van der Waals surface area contributed by atoms with Gasteiger partial charge in [-0.05, 0) is 19.3 Å². The van der Waals surface area contributed by atoms with Crippen LogP contribution in [0.5, 0.6) is 11.5 Å². The first-order valence-electron chi connectivity index (χ1n) is 7.49. The summed E-state index contributed by atoms with van der Waals surface area (Å²) in [5.74, 6) is -1.67. The summed E-state index contributed by atoms with van der Waals surface area (Å²) >= 11 is 0. The smallest absolute Gasteiger partial charge is 0.198 e. The van der Waals surface area contributed by atoms with E-state index < -0.39 is 17.7 Å². The van der Waals surface area contributed by atoms with Gasteiger partial charge in [0, 0.05) is 22.3 Å². The maximum Gasteiger partial charge on any atom is 0.198 e. The predicted octanol–water partition coefficient (Wildman–Crippen LogP) is 2.24. The van der Waals surface area contributed by atoms with Crippen LogP contribution >= 0.6 is 0 Å². The third kappa shape index (κ3) is 1.71. The van der Waals surface area contributed by atoms with E-state index in [0.717, 1.165) is 0 Å². The van der Waals surface area contributed by atoms with Gasteiger partial charge in [0.15, 0.2) is 11.6 Å². The van der Waals surface area contributed by atoms with E-state index in [4.69, 9.17) is 0 Å². The Balaban J connectivity index is 2.10. The van der Waals surface area contributed by atoms with E-state index in [1.807, 2.05) is 0 Å². The quantitative estimate of drug-likeness (QED) is 0.554. The first kappa shape index (κ1) is 14.0. The van der Waals surface area contributed by atoms with E-state index in [-0.39, 0.29) is 39.3 Å². The zero-order valence-corrected chi connectivity index (χ0v) is 12.2. The number of rotatable bonds is 0. The van der Waals surface area contributed by atoms with E-state index in [2.05, 4.69) is 0 Å². The molecule has 4 rings (SSSR count). The van der Waals surface area contributed by atoms with Crippen molar-refractivity contribution in [2.24, 2.45) is 0 Å². The molecule has 5 heteroatoms. The van der Waals surface area contributed by atoms with Gasteiger partial charge < -0.3 is 15.3 Å². The van der Waals surface area contributed by atoms with E-state index in [9.17, 15) is 24.9 Å². The van der Waals surface area contributed by atoms with Crippen molar-refractivity contribution < 1.29 is 24.9 Å². The van der Waals surface area contributed by atoms with Crippen LogP contribution in [-0.4, -0.2) is 26.9 Å². The molecule has 0 saturated heterocycles. The highest BCUT2D eigenvalue weighted by molar-refractivity contribution is 6.30. The second-order valence-corrected chi connectivity index (χ2v) is 5.95. The number of carbonyl (C=O) groups is 2. The van der Waals surface area contributed by atoms with Crippen LogP contribution in [-0.2, 0) is 6.42 Å². The Morgan fingerprint density at radius 2 is 1.48 bits per heavy atom. The van der Waals surface area contributed by atoms with Gasteiger partial charge in [0.05, 0.1) is 17.2 Å². The summed E-state index contributed by atoms with van der Waals surface area (Å²) in [5, 5.41) is 31.2. The van der Waals surface area contributed by atoms with Crippen LogP contribution in [0.25, 0.3) is 0 Å².